The van der Waals surface area contributed by atoms with Crippen molar-refractivity contribution in [2.45, 2.75) is 46.1 Å². The van der Waals surface area contributed by atoms with E-state index in [2.05, 4.69) is 4.57 Å². The smallest absolute Gasteiger partial charge is 0.326 e. The van der Waals surface area contributed by atoms with Gasteiger partial charge < -0.3 is 14.2 Å². The predicted octanol–water partition coefficient (Wildman–Crippen LogP) is 3.28. The Kier molecular flexibility index (Phi) is 6.86. The lowest BCUT2D eigenvalue weighted by Crippen LogP contribution is -2.36. The molecular formula is C23H28N2O4. The zero-order valence-corrected chi connectivity index (χ0v) is 17.1. The van der Waals surface area contributed by atoms with Gasteiger partial charge in [0.25, 0.3) is 0 Å². The maximum absolute atomic E-state index is 12.6. The largest absolute Gasteiger partial charge is 0.456 e. The summed E-state index contributed by atoms with van der Waals surface area (Å²) in [6, 6.07) is 11.9. The van der Waals surface area contributed by atoms with E-state index in [9.17, 15) is 14.4 Å². The maximum atomic E-state index is 12.6. The number of esters is 1. The third-order valence-electron chi connectivity index (χ3n) is 5.41. The molecule has 0 bridgehead atoms. The summed E-state index contributed by atoms with van der Waals surface area (Å²) in [5.74, 6) is -0.783. The topological polar surface area (TPSA) is 68.6 Å². The van der Waals surface area contributed by atoms with Crippen LogP contribution >= 0.6 is 0 Å². The van der Waals surface area contributed by atoms with Gasteiger partial charge in [-0.05, 0) is 38.3 Å². The molecule has 0 unspecified atom stereocenters. The van der Waals surface area contributed by atoms with Crippen molar-refractivity contribution < 1.29 is 19.1 Å². The lowest BCUT2D eigenvalue weighted by molar-refractivity contribution is -0.148. The summed E-state index contributed by atoms with van der Waals surface area (Å²) < 4.78 is 7.26. The molecular weight excluding hydrogens is 368 g/mol. The minimum Gasteiger partial charge on any atom is -0.456 e. The fraction of sp³-hybridized carbons (Fsp3) is 0.435. The first-order valence-corrected chi connectivity index (χ1v) is 10.1. The lowest BCUT2D eigenvalue weighted by atomic mass is 10.1. The van der Waals surface area contributed by atoms with Crippen LogP contribution in [-0.4, -0.2) is 46.8 Å². The molecule has 1 aromatic heterocycles. The van der Waals surface area contributed by atoms with E-state index in [0.29, 0.717) is 25.1 Å². The Morgan fingerprint density at radius 3 is 2.59 bits per heavy atom. The first-order valence-electron chi connectivity index (χ1n) is 10.1. The number of amides is 1. The number of ketones is 1. The van der Waals surface area contributed by atoms with Crippen molar-refractivity contribution in [1.29, 1.82) is 0 Å². The number of hydrogen-bond donors (Lipinski definition) is 0. The Bertz CT molecular complexity index is 886. The highest BCUT2D eigenvalue weighted by molar-refractivity contribution is 5.99. The molecule has 1 aromatic carbocycles. The minimum atomic E-state index is -0.535. The molecule has 2 aromatic rings. The molecule has 1 aliphatic rings. The van der Waals surface area contributed by atoms with Crippen LogP contribution in [0.2, 0.25) is 0 Å². The van der Waals surface area contributed by atoms with Crippen LogP contribution in [0.1, 0.15) is 53.0 Å². The molecule has 0 aliphatic carbocycles. The Balaban J connectivity index is 1.58. The third-order valence-corrected chi connectivity index (χ3v) is 5.41. The van der Waals surface area contributed by atoms with Crippen LogP contribution in [0.3, 0.4) is 0 Å². The first kappa shape index (κ1) is 20.8. The van der Waals surface area contributed by atoms with Crippen molar-refractivity contribution in [2.75, 3.05) is 19.7 Å². The molecule has 0 N–H and O–H groups in total. The van der Waals surface area contributed by atoms with Gasteiger partial charge in [0.05, 0.1) is 0 Å². The number of carbonyl (C=O) groups excluding carboxylic acids is 3. The van der Waals surface area contributed by atoms with E-state index in [0.717, 1.165) is 36.2 Å². The molecule has 0 radical (unpaired) electrons. The number of likely N-dealkylation sites (tertiary alicyclic amines) is 1. The number of Topliss-reactive ketones (excluding diaryl/α,β-unsaturated/α-hetero) is 1. The summed E-state index contributed by atoms with van der Waals surface area (Å²) in [6.07, 6.45) is 3.22. The van der Waals surface area contributed by atoms with Gasteiger partial charge in [0, 0.05) is 36.5 Å². The van der Waals surface area contributed by atoms with Gasteiger partial charge in [-0.1, -0.05) is 36.8 Å². The van der Waals surface area contributed by atoms with Crippen molar-refractivity contribution in [1.82, 2.24) is 9.47 Å². The molecule has 6 nitrogen and oxygen atoms in total. The van der Waals surface area contributed by atoms with E-state index in [-0.39, 0.29) is 24.8 Å². The van der Waals surface area contributed by atoms with Crippen LogP contribution in [0.25, 0.3) is 0 Å². The maximum Gasteiger partial charge on any atom is 0.326 e. The summed E-state index contributed by atoms with van der Waals surface area (Å²) in [4.78, 5) is 38.3. The first-order chi connectivity index (χ1) is 14.0. The number of aryl methyl sites for hydroxylation is 1. The molecule has 0 atom stereocenters. The number of rotatable bonds is 7. The quantitative estimate of drug-likeness (QED) is 0.532. The Morgan fingerprint density at radius 2 is 1.83 bits per heavy atom. The van der Waals surface area contributed by atoms with Gasteiger partial charge in [-0.2, -0.15) is 0 Å². The fourth-order valence-corrected chi connectivity index (χ4v) is 3.72. The highest BCUT2D eigenvalue weighted by atomic mass is 16.5. The van der Waals surface area contributed by atoms with Crippen LogP contribution in [0, 0.1) is 13.8 Å². The minimum absolute atomic E-state index is 0.0183. The molecule has 1 amide bonds. The van der Waals surface area contributed by atoms with E-state index in [1.54, 1.807) is 0 Å². The van der Waals surface area contributed by atoms with E-state index >= 15 is 0 Å². The average molecular weight is 396 g/mol. The van der Waals surface area contributed by atoms with Crippen LogP contribution < -0.4 is 0 Å². The molecule has 1 saturated heterocycles. The van der Waals surface area contributed by atoms with Gasteiger partial charge in [-0.15, -0.1) is 0 Å². The van der Waals surface area contributed by atoms with Crippen molar-refractivity contribution in [3.05, 3.63) is 58.9 Å². The number of hydrogen-bond acceptors (Lipinski definition) is 4. The van der Waals surface area contributed by atoms with Gasteiger partial charge in [0.1, 0.15) is 6.54 Å². The number of nitrogens with zero attached hydrogens (tertiary/aromatic N) is 2. The number of benzene rings is 1. The van der Waals surface area contributed by atoms with Crippen LogP contribution in [0.15, 0.2) is 36.4 Å². The second-order valence-electron chi connectivity index (χ2n) is 7.57. The van der Waals surface area contributed by atoms with Gasteiger partial charge in [0.2, 0.25) is 11.7 Å². The second-order valence-corrected chi connectivity index (χ2v) is 7.57. The summed E-state index contributed by atoms with van der Waals surface area (Å²) in [6.45, 7) is 4.73. The van der Waals surface area contributed by atoms with Crippen molar-refractivity contribution >= 4 is 17.7 Å². The lowest BCUT2D eigenvalue weighted by Gasteiger charge is -2.19. The third kappa shape index (κ3) is 5.34. The number of ether oxygens (including phenoxy) is 1. The zero-order chi connectivity index (χ0) is 20.8. The zero-order valence-electron chi connectivity index (χ0n) is 17.1. The SMILES string of the molecule is Cc1cc(C(=O)COC(=O)CN2CCCCCC2=O)c(C)n1Cc1ccccc1. The molecule has 0 spiro atoms. The molecule has 1 aliphatic heterocycles. The van der Waals surface area contributed by atoms with E-state index in [4.69, 9.17) is 4.74 Å². The molecule has 154 valence electrons. The summed E-state index contributed by atoms with van der Waals surface area (Å²) in [7, 11) is 0. The van der Waals surface area contributed by atoms with Crippen molar-refractivity contribution in [2.24, 2.45) is 0 Å². The summed E-state index contributed by atoms with van der Waals surface area (Å²) >= 11 is 0. The van der Waals surface area contributed by atoms with E-state index in [1.165, 1.54) is 4.90 Å². The Hall–Kier alpha value is -2.89. The molecule has 1 fully saturated rings. The molecule has 2 heterocycles. The second kappa shape index (κ2) is 9.54. The van der Waals surface area contributed by atoms with Crippen LogP contribution in [-0.2, 0) is 20.9 Å². The Labute approximate surface area is 171 Å². The Morgan fingerprint density at radius 1 is 1.07 bits per heavy atom. The highest BCUT2D eigenvalue weighted by Crippen LogP contribution is 2.18. The number of carbonyl (C=O) groups is 3. The normalized spacial score (nSPS) is 14.6. The van der Waals surface area contributed by atoms with Gasteiger partial charge in [0.15, 0.2) is 6.61 Å². The summed E-state index contributed by atoms with van der Waals surface area (Å²) in [5, 5.41) is 0. The average Bonchev–Trinajstić information content (AvgIpc) is 2.86. The van der Waals surface area contributed by atoms with E-state index in [1.807, 2.05) is 50.2 Å². The monoisotopic (exact) mass is 396 g/mol. The van der Waals surface area contributed by atoms with E-state index < -0.39 is 5.97 Å². The molecule has 6 heteroatoms. The summed E-state index contributed by atoms with van der Waals surface area (Å²) in [5.41, 5.74) is 3.56. The van der Waals surface area contributed by atoms with Crippen LogP contribution in [0.5, 0.6) is 0 Å². The number of aromatic nitrogens is 1. The standard InChI is InChI=1S/C23H28N2O4/c1-17-13-20(18(2)25(17)14-19-9-5-3-6-10-19)21(26)16-29-23(28)15-24-12-8-4-7-11-22(24)27/h3,5-6,9-10,13H,4,7-8,11-12,14-16H2,1-2H3. The van der Waals surface area contributed by atoms with Gasteiger partial charge >= 0.3 is 5.97 Å². The van der Waals surface area contributed by atoms with Gasteiger partial charge in [-0.25, -0.2) is 0 Å². The van der Waals surface area contributed by atoms with Crippen molar-refractivity contribution in [3.63, 3.8) is 0 Å². The van der Waals surface area contributed by atoms with Crippen LogP contribution in [0.4, 0.5) is 0 Å². The molecule has 3 rings (SSSR count). The van der Waals surface area contributed by atoms with Crippen molar-refractivity contribution in [3.8, 4) is 0 Å². The molecule has 29 heavy (non-hydrogen) atoms. The fourth-order valence-electron chi connectivity index (χ4n) is 3.72. The predicted molar refractivity (Wildman–Crippen MR) is 110 cm³/mol. The van der Waals surface area contributed by atoms with Gasteiger partial charge in [-0.3, -0.25) is 14.4 Å². The molecule has 0 saturated carbocycles. The highest BCUT2D eigenvalue weighted by Gasteiger charge is 2.22.